The fourth-order valence-electron chi connectivity index (χ4n) is 3.16. The monoisotopic (exact) mass is 412 g/mol. The minimum absolute atomic E-state index is 0.0955. The van der Waals surface area contributed by atoms with Gasteiger partial charge in [0.15, 0.2) is 0 Å². The van der Waals surface area contributed by atoms with E-state index in [-0.39, 0.29) is 11.3 Å². The van der Waals surface area contributed by atoms with Crippen LogP contribution < -0.4 is 9.83 Å². The highest BCUT2D eigenvalue weighted by Crippen LogP contribution is 2.30. The van der Waals surface area contributed by atoms with Crippen molar-refractivity contribution >= 4 is 37.9 Å². The van der Waals surface area contributed by atoms with Crippen molar-refractivity contribution in [2.75, 3.05) is 0 Å². The number of para-hydroxylation sites is 1. The smallest absolute Gasteiger partial charge is 0.241 e. The van der Waals surface area contributed by atoms with E-state index in [0.717, 1.165) is 5.39 Å². The van der Waals surface area contributed by atoms with Gasteiger partial charge >= 0.3 is 0 Å². The van der Waals surface area contributed by atoms with E-state index in [1.165, 1.54) is 42.5 Å². The first-order valence-corrected chi connectivity index (χ1v) is 10.2. The number of rotatable bonds is 6. The van der Waals surface area contributed by atoms with Crippen molar-refractivity contribution in [2.45, 2.75) is 17.4 Å². The molecule has 0 unspecified atom stereocenters. The van der Waals surface area contributed by atoms with Gasteiger partial charge in [-0.2, -0.15) is 0 Å². The van der Waals surface area contributed by atoms with Crippen LogP contribution in [-0.4, -0.2) is 20.4 Å². The van der Waals surface area contributed by atoms with Crippen LogP contribution in [0.1, 0.15) is 5.56 Å². The molecule has 1 atom stereocenters. The standard InChI is InChI=1S/C21H16FNO5S/c22-14-7-5-13(6-8-14)11-18(21(24)25)23-29(26,27)15-9-10-20-17(12-15)16-3-1-2-4-19(16)28-20/h1-10,12,18,23H,11H2,(H,24,25)/p-1/t18-/m1/s1. The molecule has 4 aromatic rings. The molecule has 0 saturated carbocycles. The maximum atomic E-state index is 13.0. The molecule has 0 radical (unpaired) electrons. The van der Waals surface area contributed by atoms with Crippen LogP contribution in [0.2, 0.25) is 0 Å². The third-order valence-corrected chi connectivity index (χ3v) is 6.06. The van der Waals surface area contributed by atoms with Crippen LogP contribution >= 0.6 is 0 Å². The molecule has 8 heteroatoms. The molecule has 0 bridgehead atoms. The van der Waals surface area contributed by atoms with Crippen LogP contribution in [0.5, 0.6) is 0 Å². The Labute approximate surface area is 165 Å². The van der Waals surface area contributed by atoms with Gasteiger partial charge in [0.1, 0.15) is 17.0 Å². The molecule has 0 aliphatic rings. The van der Waals surface area contributed by atoms with E-state index in [1.54, 1.807) is 6.07 Å². The number of carboxylic acids is 1. The van der Waals surface area contributed by atoms with E-state index in [2.05, 4.69) is 4.72 Å². The molecule has 0 saturated heterocycles. The molecule has 3 aromatic carbocycles. The van der Waals surface area contributed by atoms with Gasteiger partial charge < -0.3 is 14.3 Å². The molecule has 1 N–H and O–H groups in total. The van der Waals surface area contributed by atoms with Gasteiger partial charge in [0.05, 0.1) is 16.9 Å². The normalized spacial score (nSPS) is 13.0. The van der Waals surface area contributed by atoms with Gasteiger partial charge in [-0.1, -0.05) is 30.3 Å². The second-order valence-corrected chi connectivity index (χ2v) is 8.29. The highest BCUT2D eigenvalue weighted by molar-refractivity contribution is 7.89. The van der Waals surface area contributed by atoms with E-state index in [9.17, 15) is 22.7 Å². The summed E-state index contributed by atoms with van der Waals surface area (Å²) in [6, 6.07) is 15.1. The lowest BCUT2D eigenvalue weighted by molar-refractivity contribution is -0.307. The molecule has 0 fully saturated rings. The molecule has 6 nitrogen and oxygen atoms in total. The Kier molecular flexibility index (Phi) is 4.81. The Hall–Kier alpha value is -3.23. The Bertz CT molecular complexity index is 1310. The summed E-state index contributed by atoms with van der Waals surface area (Å²) in [6.45, 7) is 0. The van der Waals surface area contributed by atoms with Crippen molar-refractivity contribution < 1.29 is 27.1 Å². The van der Waals surface area contributed by atoms with Crippen LogP contribution in [0, 0.1) is 5.82 Å². The second kappa shape index (κ2) is 7.31. The summed E-state index contributed by atoms with van der Waals surface area (Å²) in [5.41, 5.74) is 1.60. The van der Waals surface area contributed by atoms with Crippen LogP contribution in [0.4, 0.5) is 4.39 Å². The molecular formula is C21H15FNO5S-. The van der Waals surface area contributed by atoms with Crippen molar-refractivity contribution in [1.82, 2.24) is 4.72 Å². The lowest BCUT2D eigenvalue weighted by Gasteiger charge is -2.20. The number of aliphatic carboxylic acids is 1. The van der Waals surface area contributed by atoms with Gasteiger partial charge in [-0.15, -0.1) is 0 Å². The molecule has 29 heavy (non-hydrogen) atoms. The second-order valence-electron chi connectivity index (χ2n) is 6.58. The van der Waals surface area contributed by atoms with E-state index >= 15 is 0 Å². The number of sulfonamides is 1. The van der Waals surface area contributed by atoms with Gasteiger partial charge in [0.2, 0.25) is 10.0 Å². The topological polar surface area (TPSA) is 99.4 Å². The summed E-state index contributed by atoms with van der Waals surface area (Å²) in [4.78, 5) is 11.4. The van der Waals surface area contributed by atoms with Crippen molar-refractivity contribution in [2.24, 2.45) is 0 Å². The molecule has 1 heterocycles. The zero-order valence-electron chi connectivity index (χ0n) is 15.0. The molecule has 0 spiro atoms. The van der Waals surface area contributed by atoms with Gasteiger partial charge in [-0.25, -0.2) is 17.5 Å². The van der Waals surface area contributed by atoms with Crippen LogP contribution in [-0.2, 0) is 21.2 Å². The number of furan rings is 1. The van der Waals surface area contributed by atoms with E-state index < -0.39 is 27.9 Å². The largest absolute Gasteiger partial charge is 0.548 e. The average molecular weight is 412 g/mol. The van der Waals surface area contributed by atoms with Gasteiger partial charge in [0.25, 0.3) is 0 Å². The molecule has 0 aliphatic carbocycles. The summed E-state index contributed by atoms with van der Waals surface area (Å²) in [5, 5.41) is 12.9. The van der Waals surface area contributed by atoms with Gasteiger partial charge in [-0.3, -0.25) is 0 Å². The summed E-state index contributed by atoms with van der Waals surface area (Å²) in [6.07, 6.45) is -0.182. The summed E-state index contributed by atoms with van der Waals surface area (Å²) < 4.78 is 46.5. The van der Waals surface area contributed by atoms with Gasteiger partial charge in [-0.05, 0) is 48.4 Å². The first kappa shape index (κ1) is 19.1. The number of nitrogens with one attached hydrogen (secondary N) is 1. The molecule has 0 amide bonds. The predicted octanol–water partition coefficient (Wildman–Crippen LogP) is 2.36. The van der Waals surface area contributed by atoms with E-state index in [4.69, 9.17) is 4.42 Å². The number of carbonyl (C=O) groups excluding carboxylic acids is 1. The molecular weight excluding hydrogens is 397 g/mol. The fraction of sp³-hybridized carbons (Fsp3) is 0.0952. The maximum Gasteiger partial charge on any atom is 0.241 e. The lowest BCUT2D eigenvalue weighted by atomic mass is 10.1. The third-order valence-electron chi connectivity index (χ3n) is 4.59. The summed E-state index contributed by atoms with van der Waals surface area (Å²) >= 11 is 0. The maximum absolute atomic E-state index is 13.0. The summed E-state index contributed by atoms with van der Waals surface area (Å²) in [7, 11) is -4.16. The van der Waals surface area contributed by atoms with Crippen molar-refractivity contribution in [1.29, 1.82) is 0 Å². The Morgan fingerprint density at radius 1 is 1.00 bits per heavy atom. The number of halogens is 1. The quantitative estimate of drug-likeness (QED) is 0.524. The first-order valence-electron chi connectivity index (χ1n) is 8.72. The first-order chi connectivity index (χ1) is 13.8. The number of fused-ring (bicyclic) bond motifs is 3. The van der Waals surface area contributed by atoms with Crippen LogP contribution in [0.3, 0.4) is 0 Å². The zero-order chi connectivity index (χ0) is 20.6. The Balaban J connectivity index is 1.66. The Morgan fingerprint density at radius 2 is 1.69 bits per heavy atom. The van der Waals surface area contributed by atoms with Crippen molar-refractivity contribution in [3.63, 3.8) is 0 Å². The highest BCUT2D eigenvalue weighted by Gasteiger charge is 2.22. The predicted molar refractivity (Wildman–Crippen MR) is 103 cm³/mol. The highest BCUT2D eigenvalue weighted by atomic mass is 32.2. The average Bonchev–Trinajstić information content (AvgIpc) is 3.07. The van der Waals surface area contributed by atoms with Crippen LogP contribution in [0.15, 0.2) is 76.0 Å². The zero-order valence-corrected chi connectivity index (χ0v) is 15.8. The molecule has 0 aliphatic heterocycles. The minimum atomic E-state index is -4.16. The summed E-state index contributed by atoms with van der Waals surface area (Å²) in [5.74, 6) is -2.05. The number of hydrogen-bond donors (Lipinski definition) is 1. The van der Waals surface area contributed by atoms with Gasteiger partial charge in [0, 0.05) is 10.8 Å². The minimum Gasteiger partial charge on any atom is -0.548 e. The third kappa shape index (κ3) is 3.85. The number of hydrogen-bond acceptors (Lipinski definition) is 5. The van der Waals surface area contributed by atoms with Crippen molar-refractivity contribution in [3.8, 4) is 0 Å². The molecule has 4 rings (SSSR count). The van der Waals surface area contributed by atoms with E-state index in [1.807, 2.05) is 18.2 Å². The number of carboxylic acid groups (broad SMARTS) is 1. The molecule has 1 aromatic heterocycles. The Morgan fingerprint density at radius 3 is 2.41 bits per heavy atom. The molecule has 148 valence electrons. The van der Waals surface area contributed by atoms with E-state index in [0.29, 0.717) is 22.1 Å². The SMILES string of the molecule is O=C([O-])[C@@H](Cc1ccc(F)cc1)NS(=O)(=O)c1ccc2oc3ccccc3c2c1. The van der Waals surface area contributed by atoms with Crippen LogP contribution in [0.25, 0.3) is 21.9 Å². The lowest BCUT2D eigenvalue weighted by Crippen LogP contribution is -2.49. The van der Waals surface area contributed by atoms with Crippen molar-refractivity contribution in [3.05, 3.63) is 78.1 Å². The number of carbonyl (C=O) groups is 1. The number of benzene rings is 3. The fourth-order valence-corrected chi connectivity index (χ4v) is 4.37.